The van der Waals surface area contributed by atoms with E-state index < -0.39 is 0 Å². The van der Waals surface area contributed by atoms with Crippen molar-refractivity contribution in [3.8, 4) is 11.5 Å². The monoisotopic (exact) mass is 325 g/mol. The highest BCUT2D eigenvalue weighted by Gasteiger charge is 2.30. The van der Waals surface area contributed by atoms with E-state index in [-0.39, 0.29) is 18.6 Å². The van der Waals surface area contributed by atoms with Crippen molar-refractivity contribution >= 4 is 5.91 Å². The molecule has 0 N–H and O–H groups in total. The van der Waals surface area contributed by atoms with Crippen molar-refractivity contribution in [2.45, 2.75) is 26.2 Å². The van der Waals surface area contributed by atoms with E-state index in [2.05, 4.69) is 9.97 Å². The molecule has 1 amide bonds. The number of hydrogen-bond acceptors (Lipinski definition) is 5. The second-order valence-corrected chi connectivity index (χ2v) is 6.31. The van der Waals surface area contributed by atoms with Crippen LogP contribution in [0.2, 0.25) is 0 Å². The van der Waals surface area contributed by atoms with Crippen LogP contribution < -0.4 is 9.47 Å². The number of likely N-dealkylation sites (tertiary alicyclic amines) is 1. The van der Waals surface area contributed by atoms with Crippen LogP contribution in [0.5, 0.6) is 11.5 Å². The lowest BCUT2D eigenvalue weighted by atomic mass is 10.1. The van der Waals surface area contributed by atoms with Crippen molar-refractivity contribution in [1.29, 1.82) is 0 Å². The number of ether oxygens (including phenoxy) is 2. The highest BCUT2D eigenvalue weighted by molar-refractivity contribution is 5.95. The number of nitrogens with zero attached hydrogens (tertiary/aromatic N) is 3. The normalized spacial score (nSPS) is 18.9. The van der Waals surface area contributed by atoms with E-state index in [0.29, 0.717) is 30.2 Å². The Kier molecular flexibility index (Phi) is 3.59. The molecule has 2 aliphatic heterocycles. The standard InChI is InChI=1S/C18H19N3O3/c1-11-7-12(2)20-17(19-11)14-5-6-21(9-14)18(22)13-3-4-15-16(8-13)24-10-23-15/h3-4,7-8,14H,5-6,9-10H2,1-2H3. The molecule has 1 unspecified atom stereocenters. The molecule has 3 heterocycles. The third-order valence-electron chi connectivity index (χ3n) is 4.46. The van der Waals surface area contributed by atoms with Gasteiger partial charge in [0.05, 0.1) is 0 Å². The maximum Gasteiger partial charge on any atom is 0.254 e. The fourth-order valence-corrected chi connectivity index (χ4v) is 3.30. The molecule has 0 spiro atoms. The minimum atomic E-state index is 0.0141. The third kappa shape index (κ3) is 2.68. The van der Waals surface area contributed by atoms with Crippen LogP contribution in [0.15, 0.2) is 24.3 Å². The molecule has 6 nitrogen and oxygen atoms in total. The average Bonchev–Trinajstić information content (AvgIpc) is 3.22. The first-order valence-electron chi connectivity index (χ1n) is 8.11. The van der Waals surface area contributed by atoms with Gasteiger partial charge in [0.25, 0.3) is 5.91 Å². The van der Waals surface area contributed by atoms with Gasteiger partial charge in [0, 0.05) is 36.0 Å². The van der Waals surface area contributed by atoms with Crippen LogP contribution in [0.25, 0.3) is 0 Å². The Balaban J connectivity index is 1.51. The summed E-state index contributed by atoms with van der Waals surface area (Å²) in [5.74, 6) is 2.37. The molecule has 0 aliphatic carbocycles. The molecule has 0 bridgehead atoms. The van der Waals surface area contributed by atoms with Crippen LogP contribution >= 0.6 is 0 Å². The first-order chi connectivity index (χ1) is 11.6. The quantitative estimate of drug-likeness (QED) is 0.848. The summed E-state index contributed by atoms with van der Waals surface area (Å²) in [6.45, 7) is 5.53. The lowest BCUT2D eigenvalue weighted by Gasteiger charge is -2.16. The van der Waals surface area contributed by atoms with Crippen molar-refractivity contribution in [1.82, 2.24) is 14.9 Å². The maximum absolute atomic E-state index is 12.7. The summed E-state index contributed by atoms with van der Waals surface area (Å²) in [5.41, 5.74) is 2.57. The fraction of sp³-hybridized carbons (Fsp3) is 0.389. The zero-order valence-electron chi connectivity index (χ0n) is 13.8. The fourth-order valence-electron chi connectivity index (χ4n) is 3.30. The Labute approximate surface area is 140 Å². The Morgan fingerprint density at radius 1 is 1.12 bits per heavy atom. The van der Waals surface area contributed by atoms with Gasteiger partial charge < -0.3 is 14.4 Å². The number of benzene rings is 1. The molecular formula is C18H19N3O3. The van der Waals surface area contributed by atoms with Gasteiger partial charge in [-0.3, -0.25) is 4.79 Å². The van der Waals surface area contributed by atoms with Crippen LogP contribution in [0.3, 0.4) is 0 Å². The lowest BCUT2D eigenvalue weighted by Crippen LogP contribution is -2.28. The van der Waals surface area contributed by atoms with Gasteiger partial charge in [0.1, 0.15) is 5.82 Å². The van der Waals surface area contributed by atoms with Crippen molar-refractivity contribution in [2.75, 3.05) is 19.9 Å². The molecule has 1 aromatic carbocycles. The van der Waals surface area contributed by atoms with Crippen LogP contribution in [0.4, 0.5) is 0 Å². The van der Waals surface area contributed by atoms with Crippen molar-refractivity contribution in [3.05, 3.63) is 47.0 Å². The molecule has 24 heavy (non-hydrogen) atoms. The molecule has 1 saturated heterocycles. The first-order valence-corrected chi connectivity index (χ1v) is 8.11. The van der Waals surface area contributed by atoms with E-state index in [9.17, 15) is 4.79 Å². The number of carbonyl (C=O) groups excluding carboxylic acids is 1. The number of aryl methyl sites for hydroxylation is 2. The molecule has 2 aromatic rings. The van der Waals surface area contributed by atoms with Gasteiger partial charge in [0.2, 0.25) is 6.79 Å². The number of amides is 1. The molecule has 4 rings (SSSR count). The highest BCUT2D eigenvalue weighted by atomic mass is 16.7. The smallest absolute Gasteiger partial charge is 0.254 e. The zero-order chi connectivity index (χ0) is 16.7. The maximum atomic E-state index is 12.7. The van der Waals surface area contributed by atoms with Crippen molar-refractivity contribution in [2.24, 2.45) is 0 Å². The highest BCUT2D eigenvalue weighted by Crippen LogP contribution is 2.33. The Hall–Kier alpha value is -2.63. The van der Waals surface area contributed by atoms with E-state index in [1.807, 2.05) is 24.8 Å². The number of rotatable bonds is 2. The first kappa shape index (κ1) is 14.9. The topological polar surface area (TPSA) is 64.6 Å². The van der Waals surface area contributed by atoms with E-state index in [0.717, 1.165) is 23.6 Å². The number of hydrogen-bond donors (Lipinski definition) is 0. The Morgan fingerprint density at radius 3 is 2.67 bits per heavy atom. The molecule has 1 fully saturated rings. The molecule has 0 saturated carbocycles. The molecular weight excluding hydrogens is 306 g/mol. The van der Waals surface area contributed by atoms with E-state index in [4.69, 9.17) is 9.47 Å². The Morgan fingerprint density at radius 2 is 1.88 bits per heavy atom. The second-order valence-electron chi connectivity index (χ2n) is 6.31. The van der Waals surface area contributed by atoms with E-state index in [1.165, 1.54) is 0 Å². The molecule has 124 valence electrons. The van der Waals surface area contributed by atoms with Gasteiger partial charge in [0.15, 0.2) is 11.5 Å². The summed E-state index contributed by atoms with van der Waals surface area (Å²) >= 11 is 0. The summed E-state index contributed by atoms with van der Waals surface area (Å²) in [4.78, 5) is 23.7. The van der Waals surface area contributed by atoms with Gasteiger partial charge in [-0.15, -0.1) is 0 Å². The van der Waals surface area contributed by atoms with Gasteiger partial charge in [-0.1, -0.05) is 0 Å². The van der Waals surface area contributed by atoms with E-state index in [1.54, 1.807) is 18.2 Å². The van der Waals surface area contributed by atoms with Crippen LogP contribution in [-0.2, 0) is 0 Å². The predicted octanol–water partition coefficient (Wildman–Crippen LogP) is 2.45. The summed E-state index contributed by atoms with van der Waals surface area (Å²) in [6, 6.07) is 7.30. The molecule has 6 heteroatoms. The van der Waals surface area contributed by atoms with Gasteiger partial charge in [-0.25, -0.2) is 9.97 Å². The molecule has 0 radical (unpaired) electrons. The summed E-state index contributed by atoms with van der Waals surface area (Å²) in [7, 11) is 0. The Bertz CT molecular complexity index is 786. The van der Waals surface area contributed by atoms with Crippen molar-refractivity contribution in [3.63, 3.8) is 0 Å². The molecule has 1 atom stereocenters. The SMILES string of the molecule is Cc1cc(C)nc(C2CCN(C(=O)c3ccc4c(c3)OCO4)C2)n1. The van der Waals surface area contributed by atoms with Gasteiger partial charge in [-0.05, 0) is 44.5 Å². The van der Waals surface area contributed by atoms with Crippen LogP contribution in [0.1, 0.15) is 39.9 Å². The van der Waals surface area contributed by atoms with E-state index >= 15 is 0 Å². The minimum Gasteiger partial charge on any atom is -0.454 e. The lowest BCUT2D eigenvalue weighted by molar-refractivity contribution is 0.0790. The van der Waals surface area contributed by atoms with Crippen LogP contribution in [0, 0.1) is 13.8 Å². The van der Waals surface area contributed by atoms with Crippen molar-refractivity contribution < 1.29 is 14.3 Å². The number of fused-ring (bicyclic) bond motifs is 1. The third-order valence-corrected chi connectivity index (χ3v) is 4.46. The van der Waals surface area contributed by atoms with Gasteiger partial charge in [-0.2, -0.15) is 0 Å². The minimum absolute atomic E-state index is 0.0141. The number of aromatic nitrogens is 2. The number of carbonyl (C=O) groups is 1. The summed E-state index contributed by atoms with van der Waals surface area (Å²) in [6.07, 6.45) is 0.888. The predicted molar refractivity (Wildman–Crippen MR) is 87.3 cm³/mol. The molecule has 1 aromatic heterocycles. The average molecular weight is 325 g/mol. The largest absolute Gasteiger partial charge is 0.454 e. The summed E-state index contributed by atoms with van der Waals surface area (Å²) < 4.78 is 10.6. The second kappa shape index (κ2) is 5.78. The zero-order valence-corrected chi connectivity index (χ0v) is 13.8. The summed E-state index contributed by atoms with van der Waals surface area (Å²) in [5, 5.41) is 0. The molecule has 2 aliphatic rings. The van der Waals surface area contributed by atoms with Gasteiger partial charge >= 0.3 is 0 Å². The van der Waals surface area contributed by atoms with Crippen LogP contribution in [-0.4, -0.2) is 40.7 Å².